The second kappa shape index (κ2) is 7.43. The average Bonchev–Trinajstić information content (AvgIpc) is 2.47. The van der Waals surface area contributed by atoms with Crippen LogP contribution >= 0.6 is 38.5 Å². The quantitative estimate of drug-likeness (QED) is 0.681. The summed E-state index contributed by atoms with van der Waals surface area (Å²) in [5, 5.41) is 3.41. The molecule has 106 valence electrons. The first-order chi connectivity index (χ1) is 9.65. The largest absolute Gasteiger partial charge is 0.497 e. The van der Waals surface area contributed by atoms with Crippen LogP contribution in [0.1, 0.15) is 17.2 Å². The lowest BCUT2D eigenvalue weighted by Crippen LogP contribution is -2.20. The summed E-state index contributed by atoms with van der Waals surface area (Å²) in [5.74, 6) is 0.890. The number of rotatable bonds is 5. The number of hydrogen-bond donors (Lipinski definition) is 1. The van der Waals surface area contributed by atoms with Gasteiger partial charge in [0.25, 0.3) is 0 Å². The van der Waals surface area contributed by atoms with Crippen LogP contribution in [0.4, 0.5) is 0 Å². The minimum absolute atomic E-state index is 0.284. The predicted molar refractivity (Wildman–Crippen MR) is 95.4 cm³/mol. The summed E-state index contributed by atoms with van der Waals surface area (Å²) in [6, 6.07) is 14.8. The number of methoxy groups -OCH3 is 1. The number of benzene rings is 2. The van der Waals surface area contributed by atoms with Crippen molar-refractivity contribution in [2.45, 2.75) is 12.5 Å². The molecule has 0 spiro atoms. The lowest BCUT2D eigenvalue weighted by molar-refractivity contribution is 0.413. The van der Waals surface area contributed by atoms with E-state index < -0.39 is 0 Å². The maximum Gasteiger partial charge on any atom is 0.119 e. The van der Waals surface area contributed by atoms with E-state index in [0.717, 1.165) is 16.6 Å². The van der Waals surface area contributed by atoms with Crippen LogP contribution in [0.15, 0.2) is 46.9 Å². The predicted octanol–water partition coefficient (Wildman–Crippen LogP) is 4.57. The van der Waals surface area contributed by atoms with Crippen molar-refractivity contribution in [2.24, 2.45) is 0 Å². The molecule has 0 amide bonds. The molecule has 0 heterocycles. The van der Waals surface area contributed by atoms with E-state index in [0.29, 0.717) is 0 Å². The summed E-state index contributed by atoms with van der Waals surface area (Å²) < 4.78 is 7.71. The minimum atomic E-state index is 0.284. The van der Waals surface area contributed by atoms with E-state index in [9.17, 15) is 0 Å². The topological polar surface area (TPSA) is 21.3 Å². The lowest BCUT2D eigenvalue weighted by Gasteiger charge is -2.19. The molecule has 0 aromatic heterocycles. The Labute approximate surface area is 142 Å². The van der Waals surface area contributed by atoms with Gasteiger partial charge in [-0.1, -0.05) is 34.1 Å². The number of hydrogen-bond acceptors (Lipinski definition) is 2. The van der Waals surface area contributed by atoms with E-state index in [1.54, 1.807) is 7.11 Å². The fourth-order valence-corrected chi connectivity index (χ4v) is 3.35. The number of nitrogens with one attached hydrogen (secondary N) is 1. The van der Waals surface area contributed by atoms with Gasteiger partial charge in [-0.05, 0) is 71.5 Å². The van der Waals surface area contributed by atoms with Crippen LogP contribution in [-0.4, -0.2) is 14.2 Å². The van der Waals surface area contributed by atoms with Crippen molar-refractivity contribution in [3.05, 3.63) is 61.6 Å². The molecule has 0 bridgehead atoms. The van der Waals surface area contributed by atoms with Gasteiger partial charge in [-0.15, -0.1) is 0 Å². The first kappa shape index (κ1) is 15.8. The van der Waals surface area contributed by atoms with Gasteiger partial charge >= 0.3 is 0 Å². The standard InChI is InChI=1S/C16H17BrINO/c1-19-16(13-5-3-4-6-15(13)18)10-11-9-12(20-2)7-8-14(11)17/h3-9,16,19H,10H2,1-2H3. The second-order valence-electron chi connectivity index (χ2n) is 4.52. The molecule has 0 aliphatic carbocycles. The third kappa shape index (κ3) is 3.74. The van der Waals surface area contributed by atoms with Crippen LogP contribution < -0.4 is 10.1 Å². The molecule has 0 fully saturated rings. The fraction of sp³-hybridized carbons (Fsp3) is 0.250. The van der Waals surface area contributed by atoms with E-state index in [2.05, 4.69) is 74.2 Å². The van der Waals surface area contributed by atoms with Gasteiger partial charge < -0.3 is 10.1 Å². The highest BCUT2D eigenvalue weighted by atomic mass is 127. The third-order valence-electron chi connectivity index (χ3n) is 3.31. The Kier molecular flexibility index (Phi) is 5.86. The third-order valence-corrected chi connectivity index (χ3v) is 5.06. The lowest BCUT2D eigenvalue weighted by atomic mass is 9.99. The Morgan fingerprint density at radius 1 is 1.25 bits per heavy atom. The van der Waals surface area contributed by atoms with E-state index in [1.165, 1.54) is 14.7 Å². The number of likely N-dealkylation sites (N-methyl/N-ethyl adjacent to an activating group) is 1. The highest BCUT2D eigenvalue weighted by Crippen LogP contribution is 2.29. The zero-order chi connectivity index (χ0) is 14.5. The molecule has 20 heavy (non-hydrogen) atoms. The molecule has 0 saturated carbocycles. The van der Waals surface area contributed by atoms with Gasteiger partial charge in [-0.3, -0.25) is 0 Å². The molecule has 4 heteroatoms. The maximum atomic E-state index is 5.31. The molecule has 1 unspecified atom stereocenters. The molecule has 1 atom stereocenters. The highest BCUT2D eigenvalue weighted by molar-refractivity contribution is 14.1. The van der Waals surface area contributed by atoms with Crippen LogP contribution in [0, 0.1) is 3.57 Å². The maximum absolute atomic E-state index is 5.31. The summed E-state index contributed by atoms with van der Waals surface area (Å²) in [6.07, 6.45) is 0.911. The zero-order valence-electron chi connectivity index (χ0n) is 11.5. The monoisotopic (exact) mass is 445 g/mol. The molecule has 0 radical (unpaired) electrons. The van der Waals surface area contributed by atoms with Crippen LogP contribution in [0.25, 0.3) is 0 Å². The van der Waals surface area contributed by atoms with Gasteiger partial charge in [-0.2, -0.15) is 0 Å². The van der Waals surface area contributed by atoms with Gasteiger partial charge in [0.2, 0.25) is 0 Å². The molecule has 0 aliphatic heterocycles. The number of ether oxygens (including phenoxy) is 1. The smallest absolute Gasteiger partial charge is 0.119 e. The van der Waals surface area contributed by atoms with Crippen LogP contribution in [0.3, 0.4) is 0 Å². The Morgan fingerprint density at radius 2 is 2.00 bits per heavy atom. The summed E-state index contributed by atoms with van der Waals surface area (Å²) in [4.78, 5) is 0. The molecule has 0 aliphatic rings. The van der Waals surface area contributed by atoms with Gasteiger partial charge in [-0.25, -0.2) is 0 Å². The van der Waals surface area contributed by atoms with Gasteiger partial charge in [0.1, 0.15) is 5.75 Å². The normalized spacial score (nSPS) is 12.2. The minimum Gasteiger partial charge on any atom is -0.497 e. The molecule has 2 aromatic rings. The number of halogens is 2. The Bertz CT molecular complexity index is 588. The summed E-state index contributed by atoms with van der Waals surface area (Å²) in [7, 11) is 3.70. The Morgan fingerprint density at radius 3 is 2.65 bits per heavy atom. The second-order valence-corrected chi connectivity index (χ2v) is 6.54. The van der Waals surface area contributed by atoms with Gasteiger partial charge in [0.15, 0.2) is 0 Å². The molecular formula is C16H17BrINO. The fourth-order valence-electron chi connectivity index (χ4n) is 2.18. The summed E-state index contributed by atoms with van der Waals surface area (Å²) in [6.45, 7) is 0. The summed E-state index contributed by atoms with van der Waals surface area (Å²) in [5.41, 5.74) is 2.56. The Balaban J connectivity index is 2.29. The van der Waals surface area contributed by atoms with Crippen LogP contribution in [0.5, 0.6) is 5.75 Å². The molecule has 0 saturated heterocycles. The van der Waals surface area contributed by atoms with Crippen molar-refractivity contribution in [3.8, 4) is 5.75 Å². The Hall–Kier alpha value is -0.590. The van der Waals surface area contributed by atoms with E-state index in [1.807, 2.05) is 19.2 Å². The van der Waals surface area contributed by atoms with Crippen LogP contribution in [-0.2, 0) is 6.42 Å². The zero-order valence-corrected chi connectivity index (χ0v) is 15.2. The van der Waals surface area contributed by atoms with Crippen molar-refractivity contribution in [3.63, 3.8) is 0 Å². The molecule has 1 N–H and O–H groups in total. The molecular weight excluding hydrogens is 429 g/mol. The van der Waals surface area contributed by atoms with E-state index in [4.69, 9.17) is 4.74 Å². The van der Waals surface area contributed by atoms with Crippen molar-refractivity contribution in [1.29, 1.82) is 0 Å². The van der Waals surface area contributed by atoms with Crippen LogP contribution in [0.2, 0.25) is 0 Å². The van der Waals surface area contributed by atoms with Gasteiger partial charge in [0.05, 0.1) is 7.11 Å². The first-order valence-corrected chi connectivity index (χ1v) is 8.27. The molecule has 2 nitrogen and oxygen atoms in total. The van der Waals surface area contributed by atoms with Crippen molar-refractivity contribution >= 4 is 38.5 Å². The molecule has 2 aromatic carbocycles. The van der Waals surface area contributed by atoms with E-state index in [-0.39, 0.29) is 6.04 Å². The van der Waals surface area contributed by atoms with Crippen molar-refractivity contribution in [2.75, 3.05) is 14.2 Å². The van der Waals surface area contributed by atoms with E-state index >= 15 is 0 Å². The highest BCUT2D eigenvalue weighted by Gasteiger charge is 2.14. The SMILES string of the molecule is CNC(Cc1cc(OC)ccc1Br)c1ccccc1I. The van der Waals surface area contributed by atoms with Crippen molar-refractivity contribution < 1.29 is 4.74 Å². The molecule has 2 rings (SSSR count). The average molecular weight is 446 g/mol. The van der Waals surface area contributed by atoms with Crippen molar-refractivity contribution in [1.82, 2.24) is 5.32 Å². The summed E-state index contributed by atoms with van der Waals surface area (Å²) >= 11 is 6.01. The van der Waals surface area contributed by atoms with Gasteiger partial charge in [0, 0.05) is 14.1 Å². The first-order valence-electron chi connectivity index (χ1n) is 6.39.